The van der Waals surface area contributed by atoms with Crippen molar-refractivity contribution in [3.8, 4) is 0 Å². The van der Waals surface area contributed by atoms with Crippen LogP contribution in [0.5, 0.6) is 0 Å². The molecule has 0 amide bonds. The molecule has 0 bridgehead atoms. The van der Waals surface area contributed by atoms with Gasteiger partial charge in [-0.15, -0.1) is 0 Å². The summed E-state index contributed by atoms with van der Waals surface area (Å²) in [6, 6.07) is 8.03. The molecule has 0 aliphatic rings. The van der Waals surface area contributed by atoms with Gasteiger partial charge in [0.1, 0.15) is 0 Å². The first-order valence-corrected chi connectivity index (χ1v) is 5.89. The van der Waals surface area contributed by atoms with Crippen LogP contribution in [-0.2, 0) is 11.3 Å². The summed E-state index contributed by atoms with van der Waals surface area (Å²) >= 11 is 2.27. The zero-order valence-corrected chi connectivity index (χ0v) is 10.8. The monoisotopic (exact) mass is 319 g/mol. The lowest BCUT2D eigenvalue weighted by Gasteiger charge is -2.18. The first kappa shape index (κ1) is 12.4. The second-order valence-corrected chi connectivity index (χ2v) is 4.45. The molecule has 0 heterocycles. The van der Waals surface area contributed by atoms with Gasteiger partial charge in [0.2, 0.25) is 0 Å². The molecule has 3 nitrogen and oxygen atoms in total. The van der Waals surface area contributed by atoms with E-state index < -0.39 is 5.97 Å². The fourth-order valence-corrected chi connectivity index (χ4v) is 1.90. The molecule has 1 rings (SSSR count). The maximum Gasteiger partial charge on any atom is 0.317 e. The lowest BCUT2D eigenvalue weighted by atomic mass is 10.2. The van der Waals surface area contributed by atoms with E-state index in [9.17, 15) is 4.79 Å². The average Bonchev–Trinajstić information content (AvgIpc) is 2.19. The minimum atomic E-state index is -0.775. The van der Waals surface area contributed by atoms with Crippen LogP contribution in [0.15, 0.2) is 24.3 Å². The molecule has 15 heavy (non-hydrogen) atoms. The quantitative estimate of drug-likeness (QED) is 0.846. The normalized spacial score (nSPS) is 10.6. The van der Waals surface area contributed by atoms with Crippen molar-refractivity contribution in [2.45, 2.75) is 13.5 Å². The third-order valence-electron chi connectivity index (χ3n) is 2.16. The molecular formula is C11H14INO2. The largest absolute Gasteiger partial charge is 0.480 e. The highest BCUT2D eigenvalue weighted by Crippen LogP contribution is 2.13. The Balaban J connectivity index is 2.66. The summed E-state index contributed by atoms with van der Waals surface area (Å²) < 4.78 is 1.18. The minimum absolute atomic E-state index is 0.0987. The summed E-state index contributed by atoms with van der Waals surface area (Å²) in [4.78, 5) is 12.5. The number of carboxylic acids is 1. The van der Waals surface area contributed by atoms with Gasteiger partial charge in [0.15, 0.2) is 0 Å². The maximum absolute atomic E-state index is 10.6. The number of likely N-dealkylation sites (N-methyl/N-ethyl adjacent to an activating group) is 1. The van der Waals surface area contributed by atoms with Crippen molar-refractivity contribution < 1.29 is 9.90 Å². The molecule has 0 aliphatic heterocycles. The third kappa shape index (κ3) is 4.17. The predicted octanol–water partition coefficient (Wildman–Crippen LogP) is 2.20. The summed E-state index contributed by atoms with van der Waals surface area (Å²) in [6.45, 7) is 3.51. The molecule has 1 aromatic carbocycles. The fourth-order valence-electron chi connectivity index (χ4n) is 1.34. The van der Waals surface area contributed by atoms with E-state index in [0.29, 0.717) is 6.54 Å². The SMILES string of the molecule is CCN(CC(=O)O)Cc1ccccc1I. The number of hydrogen-bond donors (Lipinski definition) is 1. The van der Waals surface area contributed by atoms with Crippen molar-refractivity contribution >= 4 is 28.6 Å². The lowest BCUT2D eigenvalue weighted by Crippen LogP contribution is -2.29. The first-order valence-electron chi connectivity index (χ1n) is 4.81. The van der Waals surface area contributed by atoms with Crippen LogP contribution in [0.25, 0.3) is 0 Å². The number of nitrogens with zero attached hydrogens (tertiary/aromatic N) is 1. The fraction of sp³-hybridized carbons (Fsp3) is 0.364. The van der Waals surface area contributed by atoms with Crippen LogP contribution in [0.1, 0.15) is 12.5 Å². The molecule has 0 fully saturated rings. The Hall–Kier alpha value is -0.620. The highest BCUT2D eigenvalue weighted by Gasteiger charge is 2.09. The Morgan fingerprint density at radius 3 is 2.67 bits per heavy atom. The van der Waals surface area contributed by atoms with Gasteiger partial charge in [-0.25, -0.2) is 0 Å². The van der Waals surface area contributed by atoms with Gasteiger partial charge < -0.3 is 5.11 Å². The molecule has 4 heteroatoms. The van der Waals surface area contributed by atoms with Crippen molar-refractivity contribution in [2.75, 3.05) is 13.1 Å². The molecule has 0 radical (unpaired) electrons. The van der Waals surface area contributed by atoms with Crippen molar-refractivity contribution in [2.24, 2.45) is 0 Å². The van der Waals surface area contributed by atoms with Gasteiger partial charge in [0, 0.05) is 10.1 Å². The number of carboxylic acid groups (broad SMARTS) is 1. The summed E-state index contributed by atoms with van der Waals surface area (Å²) in [7, 11) is 0. The number of carbonyl (C=O) groups is 1. The Kier molecular flexibility index (Phi) is 5.04. The van der Waals surface area contributed by atoms with E-state index in [1.807, 2.05) is 36.1 Å². The van der Waals surface area contributed by atoms with Crippen LogP contribution in [0.3, 0.4) is 0 Å². The van der Waals surface area contributed by atoms with Gasteiger partial charge in [-0.3, -0.25) is 9.69 Å². The van der Waals surface area contributed by atoms with Crippen LogP contribution in [0.4, 0.5) is 0 Å². The molecule has 0 saturated carbocycles. The van der Waals surface area contributed by atoms with Crippen LogP contribution in [0, 0.1) is 3.57 Å². The van der Waals surface area contributed by atoms with E-state index in [2.05, 4.69) is 22.6 Å². The van der Waals surface area contributed by atoms with E-state index >= 15 is 0 Å². The van der Waals surface area contributed by atoms with Gasteiger partial charge >= 0.3 is 5.97 Å². The Labute approximate surface area is 103 Å². The van der Waals surface area contributed by atoms with Gasteiger partial charge in [0.25, 0.3) is 0 Å². The van der Waals surface area contributed by atoms with E-state index in [4.69, 9.17) is 5.11 Å². The molecule has 0 unspecified atom stereocenters. The number of halogens is 1. The van der Waals surface area contributed by atoms with Crippen LogP contribution < -0.4 is 0 Å². The van der Waals surface area contributed by atoms with E-state index in [0.717, 1.165) is 6.54 Å². The molecule has 1 N–H and O–H groups in total. The van der Waals surface area contributed by atoms with Crippen LogP contribution >= 0.6 is 22.6 Å². The van der Waals surface area contributed by atoms with Gasteiger partial charge in [-0.05, 0) is 40.8 Å². The average molecular weight is 319 g/mol. The first-order chi connectivity index (χ1) is 7.13. The van der Waals surface area contributed by atoms with Gasteiger partial charge in [-0.1, -0.05) is 25.1 Å². The number of benzene rings is 1. The Morgan fingerprint density at radius 2 is 2.13 bits per heavy atom. The standard InChI is InChI=1S/C11H14INO2/c1-2-13(8-11(14)15)7-9-5-3-4-6-10(9)12/h3-6H,2,7-8H2,1H3,(H,14,15). The third-order valence-corrected chi connectivity index (χ3v) is 3.21. The Bertz CT molecular complexity index is 341. The predicted molar refractivity (Wildman–Crippen MR) is 67.7 cm³/mol. The zero-order valence-electron chi connectivity index (χ0n) is 8.61. The zero-order chi connectivity index (χ0) is 11.3. The van der Waals surface area contributed by atoms with E-state index in [-0.39, 0.29) is 6.54 Å². The molecular weight excluding hydrogens is 305 g/mol. The molecule has 0 saturated heterocycles. The smallest absolute Gasteiger partial charge is 0.317 e. The summed E-state index contributed by atoms with van der Waals surface area (Å²) in [5.74, 6) is -0.775. The second-order valence-electron chi connectivity index (χ2n) is 3.29. The van der Waals surface area contributed by atoms with E-state index in [1.165, 1.54) is 9.13 Å². The molecule has 0 aliphatic carbocycles. The molecule has 82 valence electrons. The lowest BCUT2D eigenvalue weighted by molar-refractivity contribution is -0.138. The second kappa shape index (κ2) is 6.07. The summed E-state index contributed by atoms with van der Waals surface area (Å²) in [6.07, 6.45) is 0. The van der Waals surface area contributed by atoms with E-state index in [1.54, 1.807) is 0 Å². The van der Waals surface area contributed by atoms with Crippen molar-refractivity contribution in [1.82, 2.24) is 4.90 Å². The van der Waals surface area contributed by atoms with Crippen molar-refractivity contribution in [3.63, 3.8) is 0 Å². The van der Waals surface area contributed by atoms with Crippen molar-refractivity contribution in [3.05, 3.63) is 33.4 Å². The topological polar surface area (TPSA) is 40.5 Å². The highest BCUT2D eigenvalue weighted by molar-refractivity contribution is 14.1. The summed E-state index contributed by atoms with van der Waals surface area (Å²) in [5.41, 5.74) is 1.18. The molecule has 0 spiro atoms. The number of hydrogen-bond acceptors (Lipinski definition) is 2. The summed E-state index contributed by atoms with van der Waals surface area (Å²) in [5, 5.41) is 8.72. The molecule has 0 aromatic heterocycles. The van der Waals surface area contributed by atoms with Crippen molar-refractivity contribution in [1.29, 1.82) is 0 Å². The Morgan fingerprint density at radius 1 is 1.47 bits per heavy atom. The number of aliphatic carboxylic acids is 1. The maximum atomic E-state index is 10.6. The molecule has 0 atom stereocenters. The van der Waals surface area contributed by atoms with Gasteiger partial charge in [0.05, 0.1) is 6.54 Å². The number of rotatable bonds is 5. The molecule has 1 aromatic rings. The van der Waals surface area contributed by atoms with Crippen LogP contribution in [-0.4, -0.2) is 29.1 Å². The van der Waals surface area contributed by atoms with Gasteiger partial charge in [-0.2, -0.15) is 0 Å². The minimum Gasteiger partial charge on any atom is -0.480 e. The van der Waals surface area contributed by atoms with Crippen LogP contribution in [0.2, 0.25) is 0 Å². The highest BCUT2D eigenvalue weighted by atomic mass is 127.